The molecule has 0 aromatic heterocycles. The maximum atomic E-state index is 11.8. The molecule has 0 radical (unpaired) electrons. The number of nitrogen functional groups attached to an aromatic ring is 1. The highest BCUT2D eigenvalue weighted by Crippen LogP contribution is 2.44. The molecule has 1 aliphatic heterocycles. The third kappa shape index (κ3) is 1.85. The molecule has 0 atom stereocenters. The lowest BCUT2D eigenvalue weighted by Crippen LogP contribution is -2.25. The number of benzene rings is 1. The highest BCUT2D eigenvalue weighted by molar-refractivity contribution is 5.97. The Balaban J connectivity index is 2.64. The molecule has 1 aromatic rings. The van der Waals surface area contributed by atoms with Gasteiger partial charge in [-0.25, -0.2) is 4.79 Å². The van der Waals surface area contributed by atoms with Crippen molar-refractivity contribution in [1.29, 1.82) is 0 Å². The minimum Gasteiger partial charge on any atom is -0.486 e. The molecule has 1 aliphatic rings. The Bertz CT molecular complexity index is 509. The van der Waals surface area contributed by atoms with Crippen molar-refractivity contribution in [2.75, 3.05) is 25.2 Å². The van der Waals surface area contributed by atoms with Crippen LogP contribution < -0.4 is 15.8 Å². The minimum atomic E-state index is -0.432. The van der Waals surface area contributed by atoms with E-state index >= 15 is 0 Å². The van der Waals surface area contributed by atoms with Gasteiger partial charge in [0, 0.05) is 19.0 Å². The number of hydrogen-bond donors (Lipinski definition) is 2. The van der Waals surface area contributed by atoms with Crippen LogP contribution in [0.5, 0.6) is 5.75 Å². The average Bonchev–Trinajstić information content (AvgIpc) is 2.62. The van der Waals surface area contributed by atoms with Crippen LogP contribution in [0.2, 0.25) is 0 Å². The first-order valence-corrected chi connectivity index (χ1v) is 5.80. The monoisotopic (exact) mass is 250 g/mol. The van der Waals surface area contributed by atoms with Gasteiger partial charge in [0.2, 0.25) is 0 Å². The summed E-state index contributed by atoms with van der Waals surface area (Å²) in [5.41, 5.74) is 8.28. The lowest BCUT2D eigenvalue weighted by atomic mass is 9.97. The molecule has 0 unspecified atom stereocenters. The van der Waals surface area contributed by atoms with Crippen LogP contribution in [0.4, 0.5) is 11.4 Å². The topological polar surface area (TPSA) is 73.6 Å². The van der Waals surface area contributed by atoms with Gasteiger partial charge in [0.15, 0.2) is 0 Å². The highest BCUT2D eigenvalue weighted by atomic mass is 16.5. The molecule has 18 heavy (non-hydrogen) atoms. The fraction of sp³-hybridized carbons (Fsp3) is 0.462. The number of esters is 1. The maximum absolute atomic E-state index is 11.8. The normalized spacial score (nSPS) is 15.8. The van der Waals surface area contributed by atoms with E-state index in [1.165, 1.54) is 7.11 Å². The summed E-state index contributed by atoms with van der Waals surface area (Å²) >= 11 is 0. The van der Waals surface area contributed by atoms with Crippen molar-refractivity contribution in [3.8, 4) is 5.75 Å². The van der Waals surface area contributed by atoms with E-state index in [1.807, 2.05) is 13.8 Å². The van der Waals surface area contributed by atoms with Crippen LogP contribution in [-0.4, -0.2) is 25.7 Å². The van der Waals surface area contributed by atoms with Crippen molar-refractivity contribution in [3.63, 3.8) is 0 Å². The van der Waals surface area contributed by atoms with Crippen LogP contribution >= 0.6 is 0 Å². The number of carbonyl (C=O) groups excluding carboxylic acids is 1. The molecule has 98 valence electrons. The maximum Gasteiger partial charge on any atom is 0.341 e. The molecule has 1 heterocycles. The molecule has 0 aliphatic carbocycles. The van der Waals surface area contributed by atoms with Crippen LogP contribution in [0, 0.1) is 0 Å². The van der Waals surface area contributed by atoms with Crippen LogP contribution in [0.1, 0.15) is 29.8 Å². The quantitative estimate of drug-likeness (QED) is 0.618. The van der Waals surface area contributed by atoms with Gasteiger partial charge in [0.05, 0.1) is 18.5 Å². The third-order valence-corrected chi connectivity index (χ3v) is 3.05. The predicted octanol–water partition coefficient (Wildman–Crippen LogP) is 1.81. The summed E-state index contributed by atoms with van der Waals surface area (Å²) in [5.74, 6) is 0.142. The summed E-state index contributed by atoms with van der Waals surface area (Å²) < 4.78 is 10.6. The Labute approximate surface area is 106 Å². The van der Waals surface area contributed by atoms with Crippen molar-refractivity contribution in [1.82, 2.24) is 0 Å². The van der Waals surface area contributed by atoms with Gasteiger partial charge in [-0.15, -0.1) is 0 Å². The van der Waals surface area contributed by atoms with E-state index in [0.717, 1.165) is 11.3 Å². The number of carbonyl (C=O) groups is 1. The second-order valence-electron chi connectivity index (χ2n) is 4.98. The number of fused-ring (bicyclic) bond motifs is 1. The summed E-state index contributed by atoms with van der Waals surface area (Å²) in [6.07, 6.45) is 0.702. The second-order valence-corrected chi connectivity index (χ2v) is 4.98. The summed E-state index contributed by atoms with van der Waals surface area (Å²) in [7, 11) is 3.14. The highest BCUT2D eigenvalue weighted by Gasteiger charge is 2.36. The molecule has 0 bridgehead atoms. The Hall–Kier alpha value is -1.91. The van der Waals surface area contributed by atoms with Crippen molar-refractivity contribution < 1.29 is 14.3 Å². The Morgan fingerprint density at radius 1 is 1.56 bits per heavy atom. The Kier molecular flexibility index (Phi) is 2.84. The van der Waals surface area contributed by atoms with Crippen molar-refractivity contribution in [2.45, 2.75) is 25.9 Å². The smallest absolute Gasteiger partial charge is 0.341 e. The van der Waals surface area contributed by atoms with Gasteiger partial charge < -0.3 is 20.5 Å². The van der Waals surface area contributed by atoms with E-state index in [4.69, 9.17) is 15.2 Å². The van der Waals surface area contributed by atoms with Crippen LogP contribution in [0.25, 0.3) is 0 Å². The van der Waals surface area contributed by atoms with Crippen LogP contribution in [0.3, 0.4) is 0 Å². The van der Waals surface area contributed by atoms with E-state index < -0.39 is 5.97 Å². The molecule has 0 saturated carbocycles. The first kappa shape index (κ1) is 12.5. The van der Waals surface area contributed by atoms with Crippen molar-refractivity contribution >= 4 is 17.3 Å². The summed E-state index contributed by atoms with van der Waals surface area (Å²) in [5, 5.41) is 3.06. The van der Waals surface area contributed by atoms with Crippen molar-refractivity contribution in [2.24, 2.45) is 0 Å². The molecular weight excluding hydrogens is 232 g/mol. The number of hydrogen-bond acceptors (Lipinski definition) is 5. The zero-order chi connectivity index (χ0) is 13.5. The first-order chi connectivity index (χ1) is 8.39. The second kappa shape index (κ2) is 4.08. The molecule has 0 amide bonds. The van der Waals surface area contributed by atoms with Crippen molar-refractivity contribution in [3.05, 3.63) is 17.2 Å². The van der Waals surface area contributed by atoms with Crippen LogP contribution in [0.15, 0.2) is 6.07 Å². The first-order valence-electron chi connectivity index (χ1n) is 5.80. The number of anilines is 2. The average molecular weight is 250 g/mol. The molecule has 5 nitrogen and oxygen atoms in total. The van der Waals surface area contributed by atoms with E-state index in [2.05, 4.69) is 5.32 Å². The summed E-state index contributed by atoms with van der Waals surface area (Å²) in [6, 6.07) is 1.60. The van der Waals surface area contributed by atoms with Gasteiger partial charge in [-0.1, -0.05) is 0 Å². The third-order valence-electron chi connectivity index (χ3n) is 3.05. The number of rotatable bonds is 2. The molecule has 0 spiro atoms. The van der Waals surface area contributed by atoms with E-state index in [0.29, 0.717) is 23.4 Å². The van der Waals surface area contributed by atoms with Gasteiger partial charge >= 0.3 is 5.97 Å². The lowest BCUT2D eigenvalue weighted by molar-refractivity contribution is 0.0590. The fourth-order valence-electron chi connectivity index (χ4n) is 2.32. The SMILES string of the molecule is CNc1c(N)cc(C(=O)OC)c2c1CC(C)(C)O2. The Morgan fingerprint density at radius 2 is 2.22 bits per heavy atom. The molecular formula is C13H18N2O3. The molecule has 0 fully saturated rings. The molecule has 0 saturated heterocycles. The van der Waals surface area contributed by atoms with E-state index in [9.17, 15) is 4.79 Å². The number of methoxy groups -OCH3 is 1. The van der Waals surface area contributed by atoms with Gasteiger partial charge in [-0.3, -0.25) is 0 Å². The van der Waals surface area contributed by atoms with E-state index in [-0.39, 0.29) is 5.60 Å². The molecule has 2 rings (SSSR count). The number of nitrogens with two attached hydrogens (primary N) is 1. The van der Waals surface area contributed by atoms with Crippen LogP contribution in [-0.2, 0) is 11.2 Å². The van der Waals surface area contributed by atoms with Gasteiger partial charge in [0.1, 0.15) is 16.9 Å². The molecule has 3 N–H and O–H groups in total. The zero-order valence-corrected chi connectivity index (χ0v) is 11.1. The fourth-order valence-corrected chi connectivity index (χ4v) is 2.32. The summed E-state index contributed by atoms with van der Waals surface area (Å²) in [6.45, 7) is 3.95. The standard InChI is InChI=1S/C13H18N2O3/c1-13(2)6-8-10(15-3)9(14)5-7(11(8)18-13)12(16)17-4/h5,15H,6,14H2,1-4H3. The van der Waals surface area contributed by atoms with E-state index in [1.54, 1.807) is 13.1 Å². The molecule has 1 aromatic carbocycles. The minimum absolute atomic E-state index is 0.343. The number of nitrogens with one attached hydrogen (secondary N) is 1. The van der Waals surface area contributed by atoms with Gasteiger partial charge in [0.25, 0.3) is 0 Å². The predicted molar refractivity (Wildman–Crippen MR) is 70.2 cm³/mol. The number of ether oxygens (including phenoxy) is 2. The van der Waals surface area contributed by atoms with Gasteiger partial charge in [-0.2, -0.15) is 0 Å². The summed E-state index contributed by atoms with van der Waals surface area (Å²) in [4.78, 5) is 11.8. The largest absolute Gasteiger partial charge is 0.486 e. The zero-order valence-electron chi connectivity index (χ0n) is 11.1. The van der Waals surface area contributed by atoms with Gasteiger partial charge in [-0.05, 0) is 19.9 Å². The lowest BCUT2D eigenvalue weighted by Gasteiger charge is -2.17. The molecule has 5 heteroatoms. The Morgan fingerprint density at radius 3 is 2.78 bits per heavy atom.